The van der Waals surface area contributed by atoms with E-state index in [2.05, 4.69) is 6.58 Å². The summed E-state index contributed by atoms with van der Waals surface area (Å²) in [4.78, 5) is 11.8. The molecule has 1 atom stereocenters. The van der Waals surface area contributed by atoms with E-state index in [1.807, 2.05) is 0 Å². The number of rotatable bonds is 5. The van der Waals surface area contributed by atoms with E-state index >= 15 is 0 Å². The first kappa shape index (κ1) is 14.7. The smallest absolute Gasteiger partial charge is 0.315 e. The van der Waals surface area contributed by atoms with Crippen LogP contribution in [0.15, 0.2) is 30.9 Å². The van der Waals surface area contributed by atoms with Crippen LogP contribution in [-0.4, -0.2) is 12.6 Å². The van der Waals surface area contributed by atoms with Crippen LogP contribution in [0.4, 0.5) is 4.39 Å². The van der Waals surface area contributed by atoms with Gasteiger partial charge in [0.25, 0.3) is 0 Å². The third-order valence-corrected chi connectivity index (χ3v) is 3.05. The number of benzene rings is 1. The molecule has 0 radical (unpaired) electrons. The highest BCUT2D eigenvalue weighted by Gasteiger charge is 2.31. The van der Waals surface area contributed by atoms with Crippen LogP contribution in [0, 0.1) is 11.2 Å². The molecule has 0 aromatic heterocycles. The van der Waals surface area contributed by atoms with Gasteiger partial charge in [-0.15, -0.1) is 6.58 Å². The van der Waals surface area contributed by atoms with Gasteiger partial charge in [0.2, 0.25) is 0 Å². The normalized spacial score (nSPS) is 13.8. The Labute approximate surface area is 111 Å². The van der Waals surface area contributed by atoms with Crippen molar-refractivity contribution in [3.05, 3.63) is 47.3 Å². The number of hydrogen-bond donors (Lipinski definition) is 0. The Morgan fingerprint density at radius 1 is 1.61 bits per heavy atom. The molecule has 1 aromatic rings. The van der Waals surface area contributed by atoms with Crippen molar-refractivity contribution in [3.63, 3.8) is 0 Å². The summed E-state index contributed by atoms with van der Waals surface area (Å²) in [7, 11) is 0. The number of carbonyl (C=O) groups is 1. The quantitative estimate of drug-likeness (QED) is 0.601. The predicted octanol–water partition coefficient (Wildman–Crippen LogP) is 3.78. The first-order chi connectivity index (χ1) is 8.42. The Kier molecular flexibility index (Phi) is 4.91. The highest BCUT2D eigenvalue weighted by Crippen LogP contribution is 2.27. The minimum absolute atomic E-state index is 0.0650. The lowest BCUT2D eigenvalue weighted by atomic mass is 9.84. The summed E-state index contributed by atoms with van der Waals surface area (Å²) in [6, 6.07) is 4.48. The van der Waals surface area contributed by atoms with E-state index in [-0.39, 0.29) is 11.0 Å². The lowest BCUT2D eigenvalue weighted by Crippen LogP contribution is -2.30. The van der Waals surface area contributed by atoms with Crippen LogP contribution in [0.1, 0.15) is 19.4 Å². The van der Waals surface area contributed by atoms with Crippen molar-refractivity contribution >= 4 is 17.6 Å². The van der Waals surface area contributed by atoms with Crippen LogP contribution in [0.25, 0.3) is 0 Å². The van der Waals surface area contributed by atoms with E-state index in [4.69, 9.17) is 16.3 Å². The number of esters is 1. The topological polar surface area (TPSA) is 26.3 Å². The molecule has 0 spiro atoms. The molecule has 0 amide bonds. The Hall–Kier alpha value is -1.35. The Balaban J connectivity index is 2.94. The summed E-state index contributed by atoms with van der Waals surface area (Å²) in [5.74, 6) is -0.861. The Morgan fingerprint density at radius 2 is 2.28 bits per heavy atom. The molecule has 0 heterocycles. The summed E-state index contributed by atoms with van der Waals surface area (Å²) >= 11 is 5.61. The third-order valence-electron chi connectivity index (χ3n) is 2.75. The molecule has 0 aliphatic rings. The van der Waals surface area contributed by atoms with Crippen molar-refractivity contribution in [1.29, 1.82) is 0 Å². The lowest BCUT2D eigenvalue weighted by Gasteiger charge is -2.23. The molecular weight excluding hydrogens is 255 g/mol. The van der Waals surface area contributed by atoms with Crippen LogP contribution in [0.3, 0.4) is 0 Å². The summed E-state index contributed by atoms with van der Waals surface area (Å²) in [6.45, 7) is 7.41. The number of halogens is 2. The summed E-state index contributed by atoms with van der Waals surface area (Å²) in [6.07, 6.45) is 1.85. The molecule has 1 aromatic carbocycles. The van der Waals surface area contributed by atoms with Crippen LogP contribution < -0.4 is 0 Å². The standard InChI is InChI=1S/C14H16ClFO2/c1-4-14(3,13(17)18-5-2)9-10-6-7-11(15)12(16)8-10/h4,6-8H,1,5,9H2,2-3H3. The molecular formula is C14H16ClFO2. The summed E-state index contributed by atoms with van der Waals surface area (Å²) in [5.41, 5.74) is -0.191. The Bertz CT molecular complexity index is 459. The highest BCUT2D eigenvalue weighted by atomic mass is 35.5. The van der Waals surface area contributed by atoms with Gasteiger partial charge < -0.3 is 4.74 Å². The maximum atomic E-state index is 13.3. The fraction of sp³-hybridized carbons (Fsp3) is 0.357. The molecule has 0 bridgehead atoms. The molecule has 4 heteroatoms. The molecule has 18 heavy (non-hydrogen) atoms. The molecule has 0 fully saturated rings. The molecule has 0 aliphatic carbocycles. The van der Waals surface area contributed by atoms with Crippen LogP contribution >= 0.6 is 11.6 Å². The minimum Gasteiger partial charge on any atom is -0.465 e. The van der Waals surface area contributed by atoms with E-state index in [0.717, 1.165) is 0 Å². The lowest BCUT2D eigenvalue weighted by molar-refractivity contribution is -0.151. The highest BCUT2D eigenvalue weighted by molar-refractivity contribution is 6.30. The first-order valence-electron chi connectivity index (χ1n) is 5.67. The second kappa shape index (κ2) is 6.01. The van der Waals surface area contributed by atoms with Gasteiger partial charge >= 0.3 is 5.97 Å². The molecule has 0 saturated heterocycles. The van der Waals surface area contributed by atoms with Crippen molar-refractivity contribution in [2.75, 3.05) is 6.61 Å². The van der Waals surface area contributed by atoms with Crippen molar-refractivity contribution in [2.45, 2.75) is 20.3 Å². The molecule has 98 valence electrons. The van der Waals surface area contributed by atoms with Gasteiger partial charge in [-0.25, -0.2) is 4.39 Å². The predicted molar refractivity (Wildman–Crippen MR) is 70.1 cm³/mol. The molecule has 0 N–H and O–H groups in total. The molecule has 1 rings (SSSR count). The first-order valence-corrected chi connectivity index (χ1v) is 6.05. The van der Waals surface area contributed by atoms with Gasteiger partial charge in [0, 0.05) is 0 Å². The zero-order valence-corrected chi connectivity index (χ0v) is 11.3. The van der Waals surface area contributed by atoms with E-state index in [0.29, 0.717) is 18.6 Å². The van der Waals surface area contributed by atoms with Crippen molar-refractivity contribution in [2.24, 2.45) is 5.41 Å². The average Bonchev–Trinajstić information content (AvgIpc) is 2.34. The van der Waals surface area contributed by atoms with Crippen LogP contribution in [0.2, 0.25) is 5.02 Å². The largest absolute Gasteiger partial charge is 0.465 e. The molecule has 0 saturated carbocycles. The second-order valence-corrected chi connectivity index (χ2v) is 4.67. The van der Waals surface area contributed by atoms with Gasteiger partial charge in [-0.2, -0.15) is 0 Å². The maximum absolute atomic E-state index is 13.3. The van der Waals surface area contributed by atoms with Crippen molar-refractivity contribution in [1.82, 2.24) is 0 Å². The van der Waals surface area contributed by atoms with Gasteiger partial charge in [0.15, 0.2) is 0 Å². The van der Waals surface area contributed by atoms with Gasteiger partial charge in [0.1, 0.15) is 5.82 Å². The van der Waals surface area contributed by atoms with Gasteiger partial charge in [-0.3, -0.25) is 4.79 Å². The van der Waals surface area contributed by atoms with Gasteiger partial charge in [-0.05, 0) is 38.0 Å². The monoisotopic (exact) mass is 270 g/mol. The average molecular weight is 271 g/mol. The zero-order valence-electron chi connectivity index (χ0n) is 10.5. The number of carbonyl (C=O) groups excluding carboxylic acids is 1. The number of ether oxygens (including phenoxy) is 1. The van der Waals surface area contributed by atoms with Crippen LogP contribution in [0.5, 0.6) is 0 Å². The Morgan fingerprint density at radius 3 is 2.78 bits per heavy atom. The van der Waals surface area contributed by atoms with Gasteiger partial charge in [-0.1, -0.05) is 23.7 Å². The summed E-state index contributed by atoms with van der Waals surface area (Å²) in [5, 5.41) is 0.0650. The van der Waals surface area contributed by atoms with E-state index in [9.17, 15) is 9.18 Å². The van der Waals surface area contributed by atoms with Crippen molar-refractivity contribution < 1.29 is 13.9 Å². The molecule has 0 aliphatic heterocycles. The minimum atomic E-state index is -0.865. The maximum Gasteiger partial charge on any atom is 0.315 e. The van der Waals surface area contributed by atoms with E-state index in [1.165, 1.54) is 18.2 Å². The molecule has 1 unspecified atom stereocenters. The fourth-order valence-electron chi connectivity index (χ4n) is 1.60. The van der Waals surface area contributed by atoms with E-state index < -0.39 is 11.2 Å². The fourth-order valence-corrected chi connectivity index (χ4v) is 1.71. The SMILES string of the molecule is C=CC(C)(Cc1ccc(Cl)c(F)c1)C(=O)OCC. The second-order valence-electron chi connectivity index (χ2n) is 4.27. The van der Waals surface area contributed by atoms with Crippen LogP contribution in [-0.2, 0) is 16.0 Å². The zero-order chi connectivity index (χ0) is 13.8. The third kappa shape index (κ3) is 3.33. The molecule has 2 nitrogen and oxygen atoms in total. The summed E-state index contributed by atoms with van der Waals surface area (Å²) < 4.78 is 18.3. The van der Waals surface area contributed by atoms with Crippen molar-refractivity contribution in [3.8, 4) is 0 Å². The van der Waals surface area contributed by atoms with E-state index in [1.54, 1.807) is 19.9 Å². The van der Waals surface area contributed by atoms with Gasteiger partial charge in [0.05, 0.1) is 17.0 Å². The number of hydrogen-bond acceptors (Lipinski definition) is 2.